The van der Waals surface area contributed by atoms with Crippen molar-refractivity contribution in [3.63, 3.8) is 0 Å². The Hall–Kier alpha value is -1.86. The van der Waals surface area contributed by atoms with Gasteiger partial charge >= 0.3 is 16.2 Å². The van der Waals surface area contributed by atoms with E-state index in [2.05, 4.69) is 0 Å². The van der Waals surface area contributed by atoms with Gasteiger partial charge in [0.2, 0.25) is 0 Å². The average molecular weight is 336 g/mol. The van der Waals surface area contributed by atoms with Crippen LogP contribution in [0.5, 0.6) is 0 Å². The number of aliphatic carboxylic acids is 1. The van der Waals surface area contributed by atoms with Crippen molar-refractivity contribution >= 4 is 21.9 Å². The number of fused-ring (bicyclic) bond motifs is 1. The van der Waals surface area contributed by atoms with E-state index in [4.69, 9.17) is 0 Å². The highest BCUT2D eigenvalue weighted by Crippen LogP contribution is 2.47. The molecule has 1 aromatic rings. The van der Waals surface area contributed by atoms with Crippen molar-refractivity contribution in [3.8, 4) is 0 Å². The Balaban J connectivity index is 2.16. The molecule has 1 atom stereocenters. The second-order valence-corrected chi connectivity index (χ2v) is 8.21. The Labute approximate surface area is 136 Å². The quantitative estimate of drug-likeness (QED) is 0.853. The van der Waals surface area contributed by atoms with E-state index in [0.717, 1.165) is 9.87 Å². The second-order valence-electron chi connectivity index (χ2n) is 6.40. The van der Waals surface area contributed by atoms with Crippen molar-refractivity contribution in [2.45, 2.75) is 31.7 Å². The van der Waals surface area contributed by atoms with Crippen LogP contribution in [-0.2, 0) is 20.4 Å². The number of anilines is 1. The maximum atomic E-state index is 13.1. The number of carbonyl (C=O) groups is 1. The van der Waals surface area contributed by atoms with Crippen LogP contribution in [0.3, 0.4) is 0 Å². The highest BCUT2D eigenvalue weighted by molar-refractivity contribution is 7.90. The molecule has 0 saturated heterocycles. The number of para-hydroxylation sites is 1. The van der Waals surface area contributed by atoms with Crippen LogP contribution in [0.1, 0.15) is 25.8 Å². The fourth-order valence-electron chi connectivity index (χ4n) is 3.41. The molecule has 1 N–H and O–H groups in total. The molecule has 2 heterocycles. The van der Waals surface area contributed by atoms with Crippen molar-refractivity contribution in [2.75, 3.05) is 17.4 Å². The minimum atomic E-state index is -3.91. The van der Waals surface area contributed by atoms with Gasteiger partial charge in [-0.1, -0.05) is 44.2 Å². The number of hydrogen-bond acceptors (Lipinski definition) is 3. The van der Waals surface area contributed by atoms with Gasteiger partial charge in [0.15, 0.2) is 6.04 Å². The SMILES string of the molecule is CC1(C)c2ccccc2N(S(=O)(=O)N2CC=CCC2)C1C(=O)O. The summed E-state index contributed by atoms with van der Waals surface area (Å²) >= 11 is 0. The van der Waals surface area contributed by atoms with E-state index < -0.39 is 27.6 Å². The predicted octanol–water partition coefficient (Wildman–Crippen LogP) is 1.74. The summed E-state index contributed by atoms with van der Waals surface area (Å²) in [5, 5.41) is 9.71. The van der Waals surface area contributed by atoms with Crippen LogP contribution in [0.25, 0.3) is 0 Å². The normalized spacial score (nSPS) is 23.7. The molecular weight excluding hydrogens is 316 g/mol. The van der Waals surface area contributed by atoms with Crippen LogP contribution >= 0.6 is 0 Å². The molecule has 23 heavy (non-hydrogen) atoms. The summed E-state index contributed by atoms with van der Waals surface area (Å²) in [6.07, 6.45) is 4.36. The number of carboxylic acid groups (broad SMARTS) is 1. The van der Waals surface area contributed by atoms with E-state index in [1.807, 2.05) is 6.08 Å². The van der Waals surface area contributed by atoms with Gasteiger partial charge in [0, 0.05) is 18.5 Å². The number of benzene rings is 1. The van der Waals surface area contributed by atoms with Crippen LogP contribution in [0.4, 0.5) is 5.69 Å². The Bertz CT molecular complexity index is 770. The average Bonchev–Trinajstić information content (AvgIpc) is 2.77. The number of hydrogen-bond donors (Lipinski definition) is 1. The molecule has 124 valence electrons. The van der Waals surface area contributed by atoms with Gasteiger partial charge in [0.25, 0.3) is 0 Å². The fourth-order valence-corrected chi connectivity index (χ4v) is 5.30. The van der Waals surface area contributed by atoms with Crippen LogP contribution in [0.2, 0.25) is 0 Å². The van der Waals surface area contributed by atoms with E-state index >= 15 is 0 Å². The van der Waals surface area contributed by atoms with Gasteiger partial charge in [-0.2, -0.15) is 12.7 Å². The second kappa shape index (κ2) is 5.35. The first-order chi connectivity index (χ1) is 10.8. The van der Waals surface area contributed by atoms with Crippen molar-refractivity contribution in [1.29, 1.82) is 0 Å². The molecule has 3 rings (SSSR count). The summed E-state index contributed by atoms with van der Waals surface area (Å²) < 4.78 is 28.6. The van der Waals surface area contributed by atoms with Crippen LogP contribution < -0.4 is 4.31 Å². The zero-order valence-electron chi connectivity index (χ0n) is 13.1. The molecule has 6 nitrogen and oxygen atoms in total. The molecule has 2 aliphatic rings. The van der Waals surface area contributed by atoms with E-state index in [-0.39, 0.29) is 6.54 Å². The van der Waals surface area contributed by atoms with Gasteiger partial charge in [-0.15, -0.1) is 0 Å². The third-order valence-corrected chi connectivity index (χ3v) is 6.47. The zero-order valence-corrected chi connectivity index (χ0v) is 14.0. The Morgan fingerprint density at radius 3 is 2.57 bits per heavy atom. The summed E-state index contributed by atoms with van der Waals surface area (Å²) in [6.45, 7) is 4.19. The fraction of sp³-hybridized carbons (Fsp3) is 0.438. The summed E-state index contributed by atoms with van der Waals surface area (Å²) in [5.74, 6) is -1.14. The van der Waals surface area contributed by atoms with Crippen LogP contribution in [0.15, 0.2) is 36.4 Å². The first kappa shape index (κ1) is 16.0. The summed E-state index contributed by atoms with van der Waals surface area (Å²) in [7, 11) is -3.91. The Morgan fingerprint density at radius 2 is 1.96 bits per heavy atom. The first-order valence-electron chi connectivity index (χ1n) is 7.55. The molecular formula is C16H20N2O4S. The first-order valence-corrected chi connectivity index (χ1v) is 8.94. The van der Waals surface area contributed by atoms with Crippen molar-refractivity contribution in [1.82, 2.24) is 4.31 Å². The molecule has 1 aromatic carbocycles. The molecule has 0 saturated carbocycles. The lowest BCUT2D eigenvalue weighted by Crippen LogP contribution is -2.54. The van der Waals surface area contributed by atoms with Gasteiger partial charge in [0.05, 0.1) is 5.69 Å². The molecule has 1 unspecified atom stereocenters. The zero-order chi connectivity index (χ0) is 16.8. The van der Waals surface area contributed by atoms with Gasteiger partial charge in [-0.05, 0) is 18.1 Å². The monoisotopic (exact) mass is 336 g/mol. The molecule has 0 fully saturated rings. The van der Waals surface area contributed by atoms with Crippen molar-refractivity contribution in [3.05, 3.63) is 42.0 Å². The predicted molar refractivity (Wildman–Crippen MR) is 87.6 cm³/mol. The number of nitrogens with zero attached hydrogens (tertiary/aromatic N) is 2. The van der Waals surface area contributed by atoms with Crippen LogP contribution in [0, 0.1) is 0 Å². The van der Waals surface area contributed by atoms with E-state index in [1.165, 1.54) is 4.31 Å². The molecule has 0 amide bonds. The van der Waals surface area contributed by atoms with Crippen molar-refractivity contribution < 1.29 is 18.3 Å². The van der Waals surface area contributed by atoms with Crippen molar-refractivity contribution in [2.24, 2.45) is 0 Å². The number of rotatable bonds is 3. The molecule has 0 bridgehead atoms. The third kappa shape index (κ3) is 2.35. The highest BCUT2D eigenvalue weighted by atomic mass is 32.2. The summed E-state index contributed by atoms with van der Waals surface area (Å²) in [5.41, 5.74) is 0.393. The third-order valence-electron chi connectivity index (χ3n) is 4.58. The molecule has 0 aliphatic carbocycles. The van der Waals surface area contributed by atoms with E-state index in [0.29, 0.717) is 18.7 Å². The standard InChI is InChI=1S/C16H20N2O4S/c1-16(2)12-8-4-5-9-13(12)18(14(16)15(19)20)23(21,22)17-10-6-3-7-11-17/h3-6,8-9,14H,7,10-11H2,1-2H3,(H,19,20). The minimum Gasteiger partial charge on any atom is -0.480 e. The Kier molecular flexibility index (Phi) is 3.72. The van der Waals surface area contributed by atoms with Gasteiger partial charge in [-0.25, -0.2) is 9.10 Å². The molecule has 0 spiro atoms. The largest absolute Gasteiger partial charge is 0.480 e. The number of carboxylic acids is 1. The topological polar surface area (TPSA) is 77.9 Å². The maximum absolute atomic E-state index is 13.1. The molecule has 0 radical (unpaired) electrons. The van der Waals surface area contributed by atoms with Crippen LogP contribution in [-0.4, -0.2) is 42.9 Å². The Morgan fingerprint density at radius 1 is 1.26 bits per heavy atom. The van der Waals surface area contributed by atoms with Gasteiger partial charge in [0.1, 0.15) is 0 Å². The lowest BCUT2D eigenvalue weighted by molar-refractivity contribution is -0.139. The maximum Gasteiger partial charge on any atom is 0.328 e. The highest BCUT2D eigenvalue weighted by Gasteiger charge is 2.54. The van der Waals surface area contributed by atoms with E-state index in [9.17, 15) is 18.3 Å². The van der Waals surface area contributed by atoms with Gasteiger partial charge in [-0.3, -0.25) is 0 Å². The van der Waals surface area contributed by atoms with E-state index in [1.54, 1.807) is 44.2 Å². The lowest BCUT2D eigenvalue weighted by atomic mass is 9.81. The van der Waals surface area contributed by atoms with Gasteiger partial charge < -0.3 is 5.11 Å². The smallest absolute Gasteiger partial charge is 0.328 e. The molecule has 2 aliphatic heterocycles. The molecule has 0 aromatic heterocycles. The lowest BCUT2D eigenvalue weighted by Gasteiger charge is -2.34. The summed E-state index contributed by atoms with van der Waals surface area (Å²) in [6, 6.07) is 5.86. The minimum absolute atomic E-state index is 0.272. The summed E-state index contributed by atoms with van der Waals surface area (Å²) in [4.78, 5) is 11.9. The molecule has 7 heteroatoms.